The summed E-state index contributed by atoms with van der Waals surface area (Å²) in [5, 5.41) is 0. The van der Waals surface area contributed by atoms with Crippen molar-refractivity contribution in [3.63, 3.8) is 0 Å². The molecule has 1 aromatic heterocycles. The quantitative estimate of drug-likeness (QED) is 0.640. The van der Waals surface area contributed by atoms with Gasteiger partial charge in [0.15, 0.2) is 0 Å². The normalized spacial score (nSPS) is 10.5. The minimum absolute atomic E-state index is 0.179. The van der Waals surface area contributed by atoms with Crippen molar-refractivity contribution in [2.24, 2.45) is 5.73 Å². The van der Waals surface area contributed by atoms with Crippen molar-refractivity contribution >= 4 is 17.4 Å². The van der Waals surface area contributed by atoms with Gasteiger partial charge in [-0.05, 0) is 6.07 Å². The van der Waals surface area contributed by atoms with E-state index in [0.717, 1.165) is 6.07 Å². The van der Waals surface area contributed by atoms with Crippen molar-refractivity contribution in [1.29, 1.82) is 0 Å². The summed E-state index contributed by atoms with van der Waals surface area (Å²) < 4.78 is 24.4. The summed E-state index contributed by atoms with van der Waals surface area (Å²) >= 11 is 0. The molecule has 0 aliphatic carbocycles. The first-order chi connectivity index (χ1) is 6.43. The van der Waals surface area contributed by atoms with Gasteiger partial charge in [-0.15, -0.1) is 0 Å². The van der Waals surface area contributed by atoms with E-state index in [-0.39, 0.29) is 17.1 Å². The number of hydrogen-bond acceptors (Lipinski definition) is 4. The Hall–Kier alpha value is -1.92. The molecule has 0 spiro atoms. The standard InChI is InChI=1S/C7H8F2N4O/c8-5(9)3-1-2(7(12)14)4(10)6(11)13-3/h1,5H,10H2,(H2,11,13)(H2,12,14). The lowest BCUT2D eigenvalue weighted by atomic mass is 10.1. The molecule has 0 aliphatic rings. The molecule has 6 N–H and O–H groups in total. The summed E-state index contributed by atoms with van der Waals surface area (Å²) in [7, 11) is 0. The Morgan fingerprint density at radius 2 is 2.00 bits per heavy atom. The van der Waals surface area contributed by atoms with E-state index in [0.29, 0.717) is 0 Å². The van der Waals surface area contributed by atoms with Crippen LogP contribution in [0.5, 0.6) is 0 Å². The second-order valence-corrected chi connectivity index (χ2v) is 2.56. The number of rotatable bonds is 2. The molecular weight excluding hydrogens is 194 g/mol. The molecule has 1 rings (SSSR count). The zero-order valence-electron chi connectivity index (χ0n) is 7.00. The van der Waals surface area contributed by atoms with Crippen LogP contribution in [-0.4, -0.2) is 10.9 Å². The third kappa shape index (κ3) is 1.70. The van der Waals surface area contributed by atoms with Crippen LogP contribution in [0.3, 0.4) is 0 Å². The largest absolute Gasteiger partial charge is 0.395 e. The first-order valence-electron chi connectivity index (χ1n) is 3.57. The van der Waals surface area contributed by atoms with E-state index in [2.05, 4.69) is 4.98 Å². The fourth-order valence-electron chi connectivity index (χ4n) is 0.911. The number of aromatic nitrogens is 1. The lowest BCUT2D eigenvalue weighted by Crippen LogP contribution is -2.16. The van der Waals surface area contributed by atoms with Crippen LogP contribution in [0.15, 0.2) is 6.07 Å². The number of nitrogens with zero attached hydrogens (tertiary/aromatic N) is 1. The number of halogens is 2. The van der Waals surface area contributed by atoms with Crippen LogP contribution in [0.2, 0.25) is 0 Å². The Labute approximate surface area is 77.9 Å². The van der Waals surface area contributed by atoms with E-state index in [4.69, 9.17) is 17.2 Å². The van der Waals surface area contributed by atoms with Crippen LogP contribution >= 0.6 is 0 Å². The number of hydrogen-bond donors (Lipinski definition) is 3. The van der Waals surface area contributed by atoms with Gasteiger partial charge in [0.05, 0.1) is 11.3 Å². The third-order valence-electron chi connectivity index (χ3n) is 1.60. The van der Waals surface area contributed by atoms with Crippen molar-refractivity contribution in [2.75, 3.05) is 11.5 Å². The molecule has 1 aromatic rings. The molecule has 7 heteroatoms. The number of nitrogen functional groups attached to an aromatic ring is 2. The Kier molecular flexibility index (Phi) is 2.50. The molecule has 0 atom stereocenters. The van der Waals surface area contributed by atoms with E-state index in [1.165, 1.54) is 0 Å². The van der Waals surface area contributed by atoms with E-state index in [1.807, 2.05) is 0 Å². The molecule has 0 unspecified atom stereocenters. The highest BCUT2D eigenvalue weighted by Gasteiger charge is 2.16. The number of carbonyl (C=O) groups is 1. The maximum Gasteiger partial charge on any atom is 0.280 e. The predicted molar refractivity (Wildman–Crippen MR) is 46.5 cm³/mol. The number of amides is 1. The molecule has 0 fully saturated rings. The fourth-order valence-corrected chi connectivity index (χ4v) is 0.911. The van der Waals surface area contributed by atoms with Crippen molar-refractivity contribution in [2.45, 2.75) is 6.43 Å². The highest BCUT2D eigenvalue weighted by atomic mass is 19.3. The molecule has 0 saturated carbocycles. The molecule has 0 radical (unpaired) electrons. The fraction of sp³-hybridized carbons (Fsp3) is 0.143. The van der Waals surface area contributed by atoms with Gasteiger partial charge in [0.25, 0.3) is 12.3 Å². The second-order valence-electron chi connectivity index (χ2n) is 2.56. The van der Waals surface area contributed by atoms with Gasteiger partial charge >= 0.3 is 0 Å². The molecule has 0 saturated heterocycles. The van der Waals surface area contributed by atoms with Crippen LogP contribution in [0.4, 0.5) is 20.3 Å². The Morgan fingerprint density at radius 1 is 1.43 bits per heavy atom. The zero-order valence-corrected chi connectivity index (χ0v) is 7.00. The van der Waals surface area contributed by atoms with E-state index in [1.54, 1.807) is 0 Å². The molecule has 14 heavy (non-hydrogen) atoms. The third-order valence-corrected chi connectivity index (χ3v) is 1.60. The minimum Gasteiger partial charge on any atom is -0.395 e. The van der Waals surface area contributed by atoms with E-state index >= 15 is 0 Å². The smallest absolute Gasteiger partial charge is 0.280 e. The highest BCUT2D eigenvalue weighted by Crippen LogP contribution is 2.24. The first-order valence-corrected chi connectivity index (χ1v) is 3.57. The SMILES string of the molecule is NC(=O)c1cc(C(F)F)nc(N)c1N. The van der Waals surface area contributed by atoms with Crippen LogP contribution < -0.4 is 17.2 Å². The number of anilines is 2. The lowest BCUT2D eigenvalue weighted by Gasteiger charge is -2.07. The van der Waals surface area contributed by atoms with Gasteiger partial charge in [-0.3, -0.25) is 4.79 Å². The van der Waals surface area contributed by atoms with Gasteiger partial charge in [-0.1, -0.05) is 0 Å². The van der Waals surface area contributed by atoms with Gasteiger partial charge in [0.2, 0.25) is 0 Å². The average molecular weight is 202 g/mol. The molecule has 0 aliphatic heterocycles. The topological polar surface area (TPSA) is 108 Å². The predicted octanol–water partition coefficient (Wildman–Crippen LogP) is 0.282. The molecule has 1 heterocycles. The van der Waals surface area contributed by atoms with Gasteiger partial charge in [0.1, 0.15) is 11.5 Å². The minimum atomic E-state index is -2.82. The number of carbonyl (C=O) groups excluding carboxylic acids is 1. The summed E-state index contributed by atoms with van der Waals surface area (Å²) in [6.45, 7) is 0. The van der Waals surface area contributed by atoms with Crippen LogP contribution in [0.25, 0.3) is 0 Å². The molecule has 0 aromatic carbocycles. The Balaban J connectivity index is 3.35. The van der Waals surface area contributed by atoms with Gasteiger partial charge < -0.3 is 17.2 Å². The van der Waals surface area contributed by atoms with Gasteiger partial charge in [-0.2, -0.15) is 0 Å². The average Bonchev–Trinajstić information content (AvgIpc) is 2.08. The van der Waals surface area contributed by atoms with Crippen molar-refractivity contribution in [3.8, 4) is 0 Å². The molecule has 1 amide bonds. The number of nitrogens with two attached hydrogens (primary N) is 3. The van der Waals surface area contributed by atoms with Crippen molar-refractivity contribution < 1.29 is 13.6 Å². The summed E-state index contributed by atoms with van der Waals surface area (Å²) in [4.78, 5) is 14.1. The monoisotopic (exact) mass is 202 g/mol. The number of pyridine rings is 1. The zero-order chi connectivity index (χ0) is 10.9. The lowest BCUT2D eigenvalue weighted by molar-refractivity contribution is 0.100. The van der Waals surface area contributed by atoms with Crippen LogP contribution in [0, 0.1) is 0 Å². The summed E-state index contributed by atoms with van der Waals surface area (Å²) in [6.07, 6.45) is -2.82. The molecule has 0 bridgehead atoms. The van der Waals surface area contributed by atoms with Crippen molar-refractivity contribution in [3.05, 3.63) is 17.3 Å². The van der Waals surface area contributed by atoms with Gasteiger partial charge in [0, 0.05) is 0 Å². The highest BCUT2D eigenvalue weighted by molar-refractivity contribution is 6.00. The molecular formula is C7H8F2N4O. The van der Waals surface area contributed by atoms with Gasteiger partial charge in [-0.25, -0.2) is 13.8 Å². The number of primary amides is 1. The Morgan fingerprint density at radius 3 is 2.43 bits per heavy atom. The maximum atomic E-state index is 12.2. The van der Waals surface area contributed by atoms with Crippen molar-refractivity contribution in [1.82, 2.24) is 4.98 Å². The summed E-state index contributed by atoms with van der Waals surface area (Å²) in [5.41, 5.74) is 14.4. The first kappa shape index (κ1) is 10.2. The van der Waals surface area contributed by atoms with E-state index < -0.39 is 18.0 Å². The molecule has 5 nitrogen and oxygen atoms in total. The second kappa shape index (κ2) is 3.44. The van der Waals surface area contributed by atoms with Crippen LogP contribution in [-0.2, 0) is 0 Å². The number of alkyl halides is 2. The summed E-state index contributed by atoms with van der Waals surface area (Å²) in [6, 6.07) is 0.832. The Bertz CT molecular complexity index is 380. The maximum absolute atomic E-state index is 12.2. The summed E-state index contributed by atoms with van der Waals surface area (Å²) in [5.74, 6) is -1.24. The van der Waals surface area contributed by atoms with E-state index in [9.17, 15) is 13.6 Å². The molecule has 76 valence electrons. The van der Waals surface area contributed by atoms with Crippen LogP contribution in [0.1, 0.15) is 22.5 Å².